The quantitative estimate of drug-likeness (QED) is 0.735. The monoisotopic (exact) mass is 250 g/mol. The molecule has 2 aromatic heterocycles. The lowest BCUT2D eigenvalue weighted by molar-refractivity contribution is 0.758. The van der Waals surface area contributed by atoms with Gasteiger partial charge in [0.15, 0.2) is 0 Å². The van der Waals surface area contributed by atoms with Gasteiger partial charge in [-0.3, -0.25) is 0 Å². The van der Waals surface area contributed by atoms with Crippen molar-refractivity contribution in [2.45, 2.75) is 18.9 Å². The maximum atomic E-state index is 4.37. The molecule has 4 nitrogen and oxygen atoms in total. The normalized spacial score (nSPS) is 17.6. The molecule has 0 saturated heterocycles. The van der Waals surface area contributed by atoms with Gasteiger partial charge >= 0.3 is 0 Å². The van der Waals surface area contributed by atoms with Crippen LogP contribution in [-0.4, -0.2) is 15.0 Å². The lowest BCUT2D eigenvalue weighted by atomic mass is 10.1. The summed E-state index contributed by atoms with van der Waals surface area (Å²) in [6.07, 6.45) is 5.75. The average molecular weight is 250 g/mol. The van der Waals surface area contributed by atoms with Gasteiger partial charge in [-0.25, -0.2) is 9.97 Å². The van der Waals surface area contributed by atoms with Gasteiger partial charge in [0.25, 0.3) is 0 Å². The molecule has 4 rings (SSSR count). The van der Waals surface area contributed by atoms with Crippen molar-refractivity contribution in [3.05, 3.63) is 54.0 Å². The van der Waals surface area contributed by atoms with Crippen molar-refractivity contribution in [1.29, 1.82) is 0 Å². The van der Waals surface area contributed by atoms with Crippen molar-refractivity contribution in [3.63, 3.8) is 0 Å². The minimum Gasteiger partial charge on any atom is -0.363 e. The second-order valence-corrected chi connectivity index (χ2v) is 4.90. The van der Waals surface area contributed by atoms with Crippen LogP contribution in [0.3, 0.4) is 0 Å². The summed E-state index contributed by atoms with van der Waals surface area (Å²) in [5, 5.41) is 4.60. The van der Waals surface area contributed by atoms with Crippen molar-refractivity contribution in [2.24, 2.45) is 0 Å². The van der Waals surface area contributed by atoms with Crippen molar-refractivity contribution >= 4 is 16.9 Å². The first kappa shape index (κ1) is 10.6. The first-order chi connectivity index (χ1) is 9.42. The van der Waals surface area contributed by atoms with Crippen molar-refractivity contribution in [3.8, 4) is 0 Å². The Morgan fingerprint density at radius 3 is 3.11 bits per heavy atom. The number of benzene rings is 1. The number of hydrogen-bond donors (Lipinski definition) is 2. The Hall–Kier alpha value is -2.36. The van der Waals surface area contributed by atoms with Crippen LogP contribution in [0.4, 0.5) is 5.82 Å². The lowest BCUT2D eigenvalue weighted by Gasteiger charge is -2.15. The number of aryl methyl sites for hydroxylation is 1. The zero-order chi connectivity index (χ0) is 12.7. The number of aromatic nitrogens is 3. The van der Waals surface area contributed by atoms with Gasteiger partial charge in [-0.1, -0.05) is 24.3 Å². The zero-order valence-corrected chi connectivity index (χ0v) is 10.4. The molecule has 2 heterocycles. The molecule has 0 spiro atoms. The maximum Gasteiger partial charge on any atom is 0.142 e. The second kappa shape index (κ2) is 4.09. The van der Waals surface area contributed by atoms with Crippen LogP contribution in [0.1, 0.15) is 23.6 Å². The topological polar surface area (TPSA) is 53.6 Å². The molecule has 1 aromatic carbocycles. The molecule has 0 radical (unpaired) electrons. The van der Waals surface area contributed by atoms with Gasteiger partial charge < -0.3 is 10.3 Å². The van der Waals surface area contributed by atoms with Crippen LogP contribution < -0.4 is 5.32 Å². The maximum absolute atomic E-state index is 4.37. The molecule has 1 atom stereocenters. The van der Waals surface area contributed by atoms with E-state index in [1.54, 1.807) is 6.33 Å². The van der Waals surface area contributed by atoms with Crippen LogP contribution in [-0.2, 0) is 6.42 Å². The smallest absolute Gasteiger partial charge is 0.142 e. The third-order valence-corrected chi connectivity index (χ3v) is 3.80. The van der Waals surface area contributed by atoms with E-state index in [4.69, 9.17) is 0 Å². The molecule has 0 aliphatic heterocycles. The summed E-state index contributed by atoms with van der Waals surface area (Å²) in [6, 6.07) is 11.0. The standard InChI is InChI=1S/C15H14N4/c1-2-4-11-10(3-1)5-6-13(11)19-15-12-7-8-16-14(12)17-9-18-15/h1-4,7-9,13H,5-6H2,(H2,16,17,18,19)/t13-/m0/s1. The molecule has 1 aliphatic carbocycles. The number of aromatic amines is 1. The van der Waals surface area contributed by atoms with E-state index in [1.807, 2.05) is 12.3 Å². The molecule has 0 unspecified atom stereocenters. The highest BCUT2D eigenvalue weighted by atomic mass is 15.1. The summed E-state index contributed by atoms with van der Waals surface area (Å²) in [4.78, 5) is 11.7. The first-order valence-electron chi connectivity index (χ1n) is 6.54. The predicted octanol–water partition coefficient (Wildman–Crippen LogP) is 3.06. The molecule has 19 heavy (non-hydrogen) atoms. The molecule has 1 aliphatic rings. The number of nitrogens with zero attached hydrogens (tertiary/aromatic N) is 2. The van der Waals surface area contributed by atoms with E-state index < -0.39 is 0 Å². The van der Waals surface area contributed by atoms with E-state index in [2.05, 4.69) is 44.5 Å². The van der Waals surface area contributed by atoms with Crippen molar-refractivity contribution < 1.29 is 0 Å². The van der Waals surface area contributed by atoms with E-state index in [-0.39, 0.29) is 0 Å². The summed E-state index contributed by atoms with van der Waals surface area (Å²) >= 11 is 0. The Kier molecular flexibility index (Phi) is 2.27. The molecule has 0 bridgehead atoms. The Morgan fingerprint density at radius 2 is 2.11 bits per heavy atom. The summed E-state index contributed by atoms with van der Waals surface area (Å²) in [6.45, 7) is 0. The summed E-state index contributed by atoms with van der Waals surface area (Å²) in [5.74, 6) is 0.910. The lowest BCUT2D eigenvalue weighted by Crippen LogP contribution is -2.08. The minimum atomic E-state index is 0.351. The Balaban J connectivity index is 1.71. The molecule has 0 fully saturated rings. The van der Waals surface area contributed by atoms with Gasteiger partial charge in [0.1, 0.15) is 17.8 Å². The fraction of sp³-hybridized carbons (Fsp3) is 0.200. The van der Waals surface area contributed by atoms with Gasteiger partial charge in [0.05, 0.1) is 11.4 Å². The number of anilines is 1. The Morgan fingerprint density at radius 1 is 1.16 bits per heavy atom. The summed E-state index contributed by atoms with van der Waals surface area (Å²) in [5.41, 5.74) is 3.72. The highest BCUT2D eigenvalue weighted by Crippen LogP contribution is 2.34. The molecule has 0 amide bonds. The highest BCUT2D eigenvalue weighted by Gasteiger charge is 2.22. The second-order valence-electron chi connectivity index (χ2n) is 4.90. The van der Waals surface area contributed by atoms with Gasteiger partial charge in [-0.2, -0.15) is 0 Å². The average Bonchev–Trinajstić information content (AvgIpc) is 3.06. The van der Waals surface area contributed by atoms with Crippen LogP contribution >= 0.6 is 0 Å². The van der Waals surface area contributed by atoms with Crippen molar-refractivity contribution in [2.75, 3.05) is 5.32 Å². The van der Waals surface area contributed by atoms with E-state index >= 15 is 0 Å². The predicted molar refractivity (Wildman–Crippen MR) is 75.0 cm³/mol. The van der Waals surface area contributed by atoms with E-state index in [1.165, 1.54) is 11.1 Å². The molecular weight excluding hydrogens is 236 g/mol. The third-order valence-electron chi connectivity index (χ3n) is 3.80. The largest absolute Gasteiger partial charge is 0.363 e. The fourth-order valence-electron chi connectivity index (χ4n) is 2.86. The third kappa shape index (κ3) is 1.68. The van der Waals surface area contributed by atoms with Gasteiger partial charge in [-0.15, -0.1) is 0 Å². The minimum absolute atomic E-state index is 0.351. The Labute approximate surface area is 110 Å². The van der Waals surface area contributed by atoms with Gasteiger partial charge in [0.2, 0.25) is 0 Å². The zero-order valence-electron chi connectivity index (χ0n) is 10.4. The first-order valence-corrected chi connectivity index (χ1v) is 6.54. The molecule has 94 valence electrons. The van der Waals surface area contributed by atoms with Crippen LogP contribution in [0, 0.1) is 0 Å². The molecule has 0 saturated carbocycles. The number of rotatable bonds is 2. The molecule has 4 heteroatoms. The SMILES string of the molecule is c1ccc2c(c1)CC[C@@H]2Nc1ncnc2[nH]ccc12. The Bertz CT molecular complexity index is 732. The van der Waals surface area contributed by atoms with Gasteiger partial charge in [-0.05, 0) is 30.0 Å². The number of hydrogen-bond acceptors (Lipinski definition) is 3. The van der Waals surface area contributed by atoms with Crippen LogP contribution in [0.15, 0.2) is 42.9 Å². The number of fused-ring (bicyclic) bond motifs is 2. The number of nitrogens with one attached hydrogen (secondary N) is 2. The van der Waals surface area contributed by atoms with E-state index in [0.717, 1.165) is 29.7 Å². The van der Waals surface area contributed by atoms with Crippen LogP contribution in [0.2, 0.25) is 0 Å². The van der Waals surface area contributed by atoms with Crippen molar-refractivity contribution in [1.82, 2.24) is 15.0 Å². The van der Waals surface area contributed by atoms with Gasteiger partial charge in [0, 0.05) is 6.20 Å². The summed E-state index contributed by atoms with van der Waals surface area (Å²) in [7, 11) is 0. The molecular formula is C15H14N4. The van der Waals surface area contributed by atoms with Crippen LogP contribution in [0.25, 0.3) is 11.0 Å². The van der Waals surface area contributed by atoms with E-state index in [9.17, 15) is 0 Å². The molecule has 2 N–H and O–H groups in total. The number of H-pyrrole nitrogens is 1. The fourth-order valence-corrected chi connectivity index (χ4v) is 2.86. The molecule has 3 aromatic rings. The van der Waals surface area contributed by atoms with E-state index in [0.29, 0.717) is 6.04 Å². The summed E-state index contributed by atoms with van der Waals surface area (Å²) < 4.78 is 0. The highest BCUT2D eigenvalue weighted by molar-refractivity contribution is 5.86. The van der Waals surface area contributed by atoms with Crippen LogP contribution in [0.5, 0.6) is 0 Å².